The maximum Gasteiger partial charge on any atom is 0.135 e. The molecule has 11 rings (SSSR count). The lowest BCUT2D eigenvalue weighted by Crippen LogP contribution is -1.92. The molecule has 0 saturated carbocycles. The van der Waals surface area contributed by atoms with Gasteiger partial charge in [-0.2, -0.15) is 0 Å². The van der Waals surface area contributed by atoms with E-state index >= 15 is 0 Å². The lowest BCUT2D eigenvalue weighted by molar-refractivity contribution is 0.668. The summed E-state index contributed by atoms with van der Waals surface area (Å²) in [5, 5.41) is 6.84. The third-order valence-electron chi connectivity index (χ3n) is 10.2. The van der Waals surface area contributed by atoms with Gasteiger partial charge in [0.15, 0.2) is 0 Å². The van der Waals surface area contributed by atoms with Crippen LogP contribution in [0.4, 0.5) is 0 Å². The molecule has 0 aliphatic carbocycles. The van der Waals surface area contributed by atoms with Crippen LogP contribution < -0.4 is 0 Å². The molecule has 0 amide bonds. The molecule has 0 atom stereocenters. The third kappa shape index (κ3) is 4.37. The fourth-order valence-corrected chi connectivity index (χ4v) is 7.77. The number of furan rings is 2. The Hall–Kier alpha value is -6.91. The highest BCUT2D eigenvalue weighted by Gasteiger charge is 2.16. The van der Waals surface area contributed by atoms with Gasteiger partial charge in [-0.05, 0) is 108 Å². The van der Waals surface area contributed by atoms with E-state index in [1.54, 1.807) is 0 Å². The normalized spacial score (nSPS) is 11.9. The van der Waals surface area contributed by atoms with E-state index in [1.807, 2.05) is 24.3 Å². The van der Waals surface area contributed by atoms with Crippen LogP contribution in [0.3, 0.4) is 0 Å². The van der Waals surface area contributed by atoms with Crippen molar-refractivity contribution < 1.29 is 8.83 Å². The SMILES string of the molecule is c1ccc(-n2c3ccccc3c3cc(-c4ccc5oc6ccc(-c7cccc(-c8ccc9oc%10ccccc%10c9c8)n7)cc6c5c4)ccc32)cc1. The van der Waals surface area contributed by atoms with E-state index in [0.29, 0.717) is 0 Å². The first kappa shape index (κ1) is 28.0. The molecule has 4 heterocycles. The number of rotatable bonds is 4. The minimum atomic E-state index is 0.862. The molecular weight excluding hydrogens is 625 g/mol. The summed E-state index contributed by atoms with van der Waals surface area (Å²) in [5.41, 5.74) is 13.3. The second-order valence-electron chi connectivity index (χ2n) is 13.2. The number of para-hydroxylation sites is 3. The molecule has 0 saturated heterocycles. The van der Waals surface area contributed by atoms with Crippen molar-refractivity contribution in [1.29, 1.82) is 0 Å². The van der Waals surface area contributed by atoms with E-state index in [0.717, 1.165) is 77.6 Å². The van der Waals surface area contributed by atoms with Gasteiger partial charge in [-0.25, -0.2) is 4.98 Å². The summed E-state index contributed by atoms with van der Waals surface area (Å²) in [4.78, 5) is 5.14. The van der Waals surface area contributed by atoms with Crippen LogP contribution in [0, 0.1) is 0 Å². The number of pyridine rings is 1. The molecule has 51 heavy (non-hydrogen) atoms. The Morgan fingerprint density at radius 1 is 0.333 bits per heavy atom. The maximum absolute atomic E-state index is 6.34. The average molecular weight is 653 g/mol. The second kappa shape index (κ2) is 10.8. The molecule has 4 aromatic heterocycles. The zero-order valence-electron chi connectivity index (χ0n) is 27.4. The Balaban J connectivity index is 1.00. The predicted molar refractivity (Wildman–Crippen MR) is 209 cm³/mol. The molecule has 0 aliphatic rings. The van der Waals surface area contributed by atoms with Crippen LogP contribution in [0.5, 0.6) is 0 Å². The standard InChI is InChI=1S/C47H28N2O2/c1-2-9-33(10-3-1)49-42-15-6-4-11-34(42)36-25-29(17-21-43(36)49)30-18-22-46-38(26-30)39-28-32(20-24-47(39)51-46)41-14-8-13-40(48-41)31-19-23-45-37(27-31)35-12-5-7-16-44(35)50-45/h1-28H. The van der Waals surface area contributed by atoms with Crippen LogP contribution in [0.1, 0.15) is 0 Å². The molecule has 0 radical (unpaired) electrons. The summed E-state index contributed by atoms with van der Waals surface area (Å²) < 4.78 is 14.8. The van der Waals surface area contributed by atoms with Crippen molar-refractivity contribution in [2.45, 2.75) is 0 Å². The van der Waals surface area contributed by atoms with Gasteiger partial charge in [0, 0.05) is 49.1 Å². The van der Waals surface area contributed by atoms with Gasteiger partial charge >= 0.3 is 0 Å². The van der Waals surface area contributed by atoms with Crippen molar-refractivity contribution in [1.82, 2.24) is 9.55 Å². The number of aromatic nitrogens is 2. The van der Waals surface area contributed by atoms with Crippen molar-refractivity contribution in [3.8, 4) is 39.3 Å². The number of fused-ring (bicyclic) bond motifs is 9. The first-order chi connectivity index (χ1) is 25.2. The molecule has 0 N–H and O–H groups in total. The highest BCUT2D eigenvalue weighted by atomic mass is 16.3. The Kier molecular flexibility index (Phi) is 5.92. The second-order valence-corrected chi connectivity index (χ2v) is 13.2. The summed E-state index contributed by atoms with van der Waals surface area (Å²) in [7, 11) is 0. The molecule has 7 aromatic carbocycles. The van der Waals surface area contributed by atoms with Crippen molar-refractivity contribution >= 4 is 65.7 Å². The molecule has 0 bridgehead atoms. The molecule has 0 fully saturated rings. The summed E-state index contributed by atoms with van der Waals surface area (Å²) in [6.07, 6.45) is 0. The molecule has 0 aliphatic heterocycles. The highest BCUT2D eigenvalue weighted by molar-refractivity contribution is 6.12. The fraction of sp³-hybridized carbons (Fsp3) is 0. The zero-order chi connectivity index (χ0) is 33.5. The maximum atomic E-state index is 6.34. The van der Waals surface area contributed by atoms with Crippen molar-refractivity contribution in [3.05, 3.63) is 170 Å². The number of benzene rings is 7. The summed E-state index contributed by atoms with van der Waals surface area (Å²) in [6.45, 7) is 0. The van der Waals surface area contributed by atoms with Gasteiger partial charge in [-0.1, -0.05) is 72.8 Å². The van der Waals surface area contributed by atoms with Crippen molar-refractivity contribution in [2.24, 2.45) is 0 Å². The molecule has 4 heteroatoms. The van der Waals surface area contributed by atoms with Gasteiger partial charge in [0.1, 0.15) is 22.3 Å². The molecular formula is C47H28N2O2. The van der Waals surface area contributed by atoms with Gasteiger partial charge in [-0.3, -0.25) is 0 Å². The topological polar surface area (TPSA) is 44.1 Å². The van der Waals surface area contributed by atoms with Crippen LogP contribution in [-0.2, 0) is 0 Å². The summed E-state index contributed by atoms with van der Waals surface area (Å²) in [5.74, 6) is 0. The van der Waals surface area contributed by atoms with Gasteiger partial charge in [0.2, 0.25) is 0 Å². The van der Waals surface area contributed by atoms with E-state index < -0.39 is 0 Å². The monoisotopic (exact) mass is 652 g/mol. The number of hydrogen-bond donors (Lipinski definition) is 0. The van der Waals surface area contributed by atoms with Gasteiger partial charge in [0.05, 0.1) is 22.4 Å². The lowest BCUT2D eigenvalue weighted by atomic mass is 10.00. The largest absolute Gasteiger partial charge is 0.456 e. The quantitative estimate of drug-likeness (QED) is 0.190. The van der Waals surface area contributed by atoms with Gasteiger partial charge in [0.25, 0.3) is 0 Å². The molecule has 0 unspecified atom stereocenters. The van der Waals surface area contributed by atoms with Gasteiger partial charge in [-0.15, -0.1) is 0 Å². The van der Waals surface area contributed by atoms with E-state index in [4.69, 9.17) is 13.8 Å². The predicted octanol–water partition coefficient (Wildman–Crippen LogP) is 13.0. The fourth-order valence-electron chi connectivity index (χ4n) is 7.77. The number of hydrogen-bond acceptors (Lipinski definition) is 3. The van der Waals surface area contributed by atoms with Crippen molar-refractivity contribution in [2.75, 3.05) is 0 Å². The van der Waals surface area contributed by atoms with Crippen LogP contribution in [0.25, 0.3) is 105 Å². The van der Waals surface area contributed by atoms with Crippen molar-refractivity contribution in [3.63, 3.8) is 0 Å². The zero-order valence-corrected chi connectivity index (χ0v) is 27.4. The lowest BCUT2D eigenvalue weighted by Gasteiger charge is -2.08. The number of nitrogens with zero attached hydrogens (tertiary/aromatic N) is 2. The van der Waals surface area contributed by atoms with Crippen LogP contribution in [0.2, 0.25) is 0 Å². The van der Waals surface area contributed by atoms with E-state index in [1.165, 1.54) is 27.4 Å². The molecule has 4 nitrogen and oxygen atoms in total. The Bertz CT molecular complexity index is 3140. The average Bonchev–Trinajstić information content (AvgIpc) is 3.86. The van der Waals surface area contributed by atoms with Gasteiger partial charge < -0.3 is 13.4 Å². The van der Waals surface area contributed by atoms with Crippen LogP contribution in [0.15, 0.2) is 179 Å². The molecule has 238 valence electrons. The first-order valence-electron chi connectivity index (χ1n) is 17.2. The van der Waals surface area contributed by atoms with E-state index in [2.05, 4.69) is 150 Å². The van der Waals surface area contributed by atoms with Crippen LogP contribution >= 0.6 is 0 Å². The minimum absolute atomic E-state index is 0.862. The van der Waals surface area contributed by atoms with Crippen LogP contribution in [-0.4, -0.2) is 9.55 Å². The Morgan fingerprint density at radius 3 is 1.53 bits per heavy atom. The Morgan fingerprint density at radius 2 is 0.824 bits per heavy atom. The molecule has 11 aromatic rings. The summed E-state index contributed by atoms with van der Waals surface area (Å²) in [6, 6.07) is 59.6. The van der Waals surface area contributed by atoms with E-state index in [9.17, 15) is 0 Å². The smallest absolute Gasteiger partial charge is 0.135 e. The Labute approximate surface area is 292 Å². The third-order valence-corrected chi connectivity index (χ3v) is 10.2. The molecule has 0 spiro atoms. The summed E-state index contributed by atoms with van der Waals surface area (Å²) >= 11 is 0. The highest BCUT2D eigenvalue weighted by Crippen LogP contribution is 2.39. The minimum Gasteiger partial charge on any atom is -0.456 e. The first-order valence-corrected chi connectivity index (χ1v) is 17.2. The van der Waals surface area contributed by atoms with E-state index in [-0.39, 0.29) is 0 Å².